The van der Waals surface area contributed by atoms with E-state index in [0.29, 0.717) is 22.9 Å². The molecule has 160 valence electrons. The standard InChI is InChI=1S/C25H21N3O3S/c1-17-9-5-6-12-19(17)23(29)27-28-24(30)21-16-32-25(26-21)20-13-7-8-14-22(20)31-15-18-10-3-2-4-11-18/h2-14,16H,15H2,1H3,(H,27,29)(H,28,30). The number of hydrogen-bond acceptors (Lipinski definition) is 5. The molecule has 0 aliphatic rings. The second kappa shape index (κ2) is 9.89. The number of benzene rings is 3. The molecule has 4 rings (SSSR count). The van der Waals surface area contributed by atoms with Crippen molar-refractivity contribution in [2.75, 3.05) is 0 Å². The number of carbonyl (C=O) groups is 2. The summed E-state index contributed by atoms with van der Waals surface area (Å²) in [6.07, 6.45) is 0. The molecule has 0 spiro atoms. The van der Waals surface area contributed by atoms with Crippen molar-refractivity contribution in [1.29, 1.82) is 0 Å². The number of rotatable bonds is 6. The van der Waals surface area contributed by atoms with E-state index < -0.39 is 5.91 Å². The molecule has 3 aromatic carbocycles. The summed E-state index contributed by atoms with van der Waals surface area (Å²) >= 11 is 1.34. The SMILES string of the molecule is Cc1ccccc1C(=O)NNC(=O)c1csc(-c2ccccc2OCc2ccccc2)n1. The van der Waals surface area contributed by atoms with Crippen molar-refractivity contribution in [3.8, 4) is 16.3 Å². The molecule has 6 nitrogen and oxygen atoms in total. The van der Waals surface area contributed by atoms with Crippen LogP contribution in [-0.4, -0.2) is 16.8 Å². The Labute approximate surface area is 189 Å². The van der Waals surface area contributed by atoms with Crippen molar-refractivity contribution < 1.29 is 14.3 Å². The van der Waals surface area contributed by atoms with E-state index >= 15 is 0 Å². The first-order valence-corrected chi connectivity index (χ1v) is 10.9. The van der Waals surface area contributed by atoms with Crippen molar-refractivity contribution >= 4 is 23.2 Å². The largest absolute Gasteiger partial charge is 0.488 e. The van der Waals surface area contributed by atoms with E-state index in [4.69, 9.17) is 4.74 Å². The minimum Gasteiger partial charge on any atom is -0.488 e. The van der Waals surface area contributed by atoms with Crippen LogP contribution in [0.3, 0.4) is 0 Å². The first-order valence-electron chi connectivity index (χ1n) is 10.00. The number of hydrazine groups is 1. The number of nitrogens with zero attached hydrogens (tertiary/aromatic N) is 1. The van der Waals surface area contributed by atoms with Crippen LogP contribution in [-0.2, 0) is 6.61 Å². The topological polar surface area (TPSA) is 80.3 Å². The Balaban J connectivity index is 1.43. The molecule has 7 heteroatoms. The van der Waals surface area contributed by atoms with Gasteiger partial charge in [0, 0.05) is 10.9 Å². The molecule has 1 aromatic heterocycles. The highest BCUT2D eigenvalue weighted by Crippen LogP contribution is 2.32. The normalized spacial score (nSPS) is 10.4. The van der Waals surface area contributed by atoms with Crippen LogP contribution in [0.4, 0.5) is 0 Å². The number of carbonyl (C=O) groups excluding carboxylic acids is 2. The van der Waals surface area contributed by atoms with Crippen molar-refractivity contribution in [3.05, 3.63) is 107 Å². The predicted molar refractivity (Wildman–Crippen MR) is 124 cm³/mol. The minimum absolute atomic E-state index is 0.216. The highest BCUT2D eigenvalue weighted by molar-refractivity contribution is 7.13. The minimum atomic E-state index is -0.489. The fourth-order valence-electron chi connectivity index (χ4n) is 3.08. The lowest BCUT2D eigenvalue weighted by Gasteiger charge is -2.10. The number of ether oxygens (including phenoxy) is 1. The maximum absolute atomic E-state index is 12.5. The number of hydrogen-bond donors (Lipinski definition) is 2. The Bertz CT molecular complexity index is 1240. The molecule has 0 saturated carbocycles. The molecular formula is C25H21N3O3S. The second-order valence-corrected chi connectivity index (χ2v) is 7.89. The number of amides is 2. The van der Waals surface area contributed by atoms with Gasteiger partial charge in [0.2, 0.25) is 0 Å². The van der Waals surface area contributed by atoms with Gasteiger partial charge in [-0.05, 0) is 36.2 Å². The van der Waals surface area contributed by atoms with Crippen LogP contribution in [0.5, 0.6) is 5.75 Å². The Hall–Kier alpha value is -3.97. The van der Waals surface area contributed by atoms with Crippen LogP contribution >= 0.6 is 11.3 Å². The quantitative estimate of drug-likeness (QED) is 0.421. The average molecular weight is 444 g/mol. The van der Waals surface area contributed by atoms with Crippen molar-refractivity contribution in [3.63, 3.8) is 0 Å². The van der Waals surface area contributed by atoms with Crippen LogP contribution in [0.2, 0.25) is 0 Å². The lowest BCUT2D eigenvalue weighted by atomic mass is 10.1. The third kappa shape index (κ3) is 5.01. The fourth-order valence-corrected chi connectivity index (χ4v) is 3.91. The molecule has 0 radical (unpaired) electrons. The molecule has 0 aliphatic carbocycles. The highest BCUT2D eigenvalue weighted by Gasteiger charge is 2.16. The average Bonchev–Trinajstić information content (AvgIpc) is 3.32. The van der Waals surface area contributed by atoms with E-state index in [1.165, 1.54) is 11.3 Å². The summed E-state index contributed by atoms with van der Waals surface area (Å²) in [5.41, 5.74) is 8.26. The summed E-state index contributed by atoms with van der Waals surface area (Å²) in [6.45, 7) is 2.27. The maximum atomic E-state index is 12.5. The molecule has 0 aliphatic heterocycles. The monoisotopic (exact) mass is 443 g/mol. The molecule has 4 aromatic rings. The van der Waals surface area contributed by atoms with Gasteiger partial charge in [0.15, 0.2) is 0 Å². The maximum Gasteiger partial charge on any atom is 0.289 e. The number of thiazole rings is 1. The molecule has 2 N–H and O–H groups in total. The molecule has 0 bridgehead atoms. The van der Waals surface area contributed by atoms with E-state index in [1.807, 2.05) is 73.7 Å². The first-order chi connectivity index (χ1) is 15.6. The van der Waals surface area contributed by atoms with E-state index in [-0.39, 0.29) is 11.6 Å². The van der Waals surface area contributed by atoms with Crippen LogP contribution in [0, 0.1) is 6.92 Å². The molecule has 0 unspecified atom stereocenters. The summed E-state index contributed by atoms with van der Waals surface area (Å²) in [6, 6.07) is 24.6. The predicted octanol–water partition coefficient (Wildman–Crippen LogP) is 4.77. The summed E-state index contributed by atoms with van der Waals surface area (Å²) < 4.78 is 6.00. The smallest absolute Gasteiger partial charge is 0.289 e. The van der Waals surface area contributed by atoms with Crippen molar-refractivity contribution in [2.24, 2.45) is 0 Å². The molecule has 2 amide bonds. The number of nitrogens with one attached hydrogen (secondary N) is 2. The number of aryl methyl sites for hydroxylation is 1. The zero-order valence-electron chi connectivity index (χ0n) is 17.4. The van der Waals surface area contributed by atoms with Gasteiger partial charge in [-0.3, -0.25) is 20.4 Å². The van der Waals surface area contributed by atoms with Crippen LogP contribution in [0.15, 0.2) is 84.2 Å². The van der Waals surface area contributed by atoms with Gasteiger partial charge in [0.25, 0.3) is 11.8 Å². The summed E-state index contributed by atoms with van der Waals surface area (Å²) in [4.78, 5) is 29.2. The molecule has 0 saturated heterocycles. The summed E-state index contributed by atoms with van der Waals surface area (Å²) in [7, 11) is 0. The Morgan fingerprint density at radius 1 is 0.875 bits per heavy atom. The van der Waals surface area contributed by atoms with Gasteiger partial charge in [0.05, 0.1) is 5.56 Å². The zero-order valence-corrected chi connectivity index (χ0v) is 18.2. The lowest BCUT2D eigenvalue weighted by molar-refractivity contribution is 0.0844. The highest BCUT2D eigenvalue weighted by atomic mass is 32.1. The third-order valence-corrected chi connectivity index (χ3v) is 5.65. The molecule has 0 fully saturated rings. The number of aromatic nitrogens is 1. The van der Waals surface area contributed by atoms with Crippen LogP contribution in [0.25, 0.3) is 10.6 Å². The third-order valence-electron chi connectivity index (χ3n) is 4.77. The molecular weight excluding hydrogens is 422 g/mol. The van der Waals surface area contributed by atoms with Crippen molar-refractivity contribution in [2.45, 2.75) is 13.5 Å². The van der Waals surface area contributed by atoms with Crippen LogP contribution in [0.1, 0.15) is 32.0 Å². The van der Waals surface area contributed by atoms with Gasteiger partial charge in [-0.25, -0.2) is 4.98 Å². The number of para-hydroxylation sites is 1. The molecule has 1 heterocycles. The molecule has 0 atom stereocenters. The van der Waals surface area contributed by atoms with Gasteiger partial charge < -0.3 is 4.74 Å². The van der Waals surface area contributed by atoms with Gasteiger partial charge in [-0.1, -0.05) is 60.7 Å². The molecule has 32 heavy (non-hydrogen) atoms. The van der Waals surface area contributed by atoms with E-state index in [9.17, 15) is 9.59 Å². The first kappa shape index (κ1) is 21.3. The van der Waals surface area contributed by atoms with Crippen molar-refractivity contribution in [1.82, 2.24) is 15.8 Å². The van der Waals surface area contributed by atoms with Crippen LogP contribution < -0.4 is 15.6 Å². The summed E-state index contributed by atoms with van der Waals surface area (Å²) in [5.74, 6) is -0.186. The summed E-state index contributed by atoms with van der Waals surface area (Å²) in [5, 5.41) is 2.31. The Morgan fingerprint density at radius 2 is 1.56 bits per heavy atom. The Morgan fingerprint density at radius 3 is 2.38 bits per heavy atom. The zero-order chi connectivity index (χ0) is 22.3. The van der Waals surface area contributed by atoms with Gasteiger partial charge in [-0.15, -0.1) is 11.3 Å². The van der Waals surface area contributed by atoms with Gasteiger partial charge >= 0.3 is 0 Å². The second-order valence-electron chi connectivity index (χ2n) is 7.03. The van der Waals surface area contributed by atoms with E-state index in [1.54, 1.807) is 17.5 Å². The van der Waals surface area contributed by atoms with Gasteiger partial charge in [-0.2, -0.15) is 0 Å². The van der Waals surface area contributed by atoms with E-state index in [2.05, 4.69) is 15.8 Å². The fraction of sp³-hybridized carbons (Fsp3) is 0.0800. The van der Waals surface area contributed by atoms with Gasteiger partial charge in [0.1, 0.15) is 23.1 Å². The van der Waals surface area contributed by atoms with E-state index in [0.717, 1.165) is 16.7 Å². The Kier molecular flexibility index (Phi) is 6.57. The lowest BCUT2D eigenvalue weighted by Crippen LogP contribution is -2.42.